The van der Waals surface area contributed by atoms with E-state index in [2.05, 4.69) is 29.7 Å². The molecule has 21 heavy (non-hydrogen) atoms. The van der Waals surface area contributed by atoms with Crippen LogP contribution < -0.4 is 11.3 Å². The number of nitrogens with two attached hydrogens (primary N) is 1. The molecule has 2 nitrogen and oxygen atoms in total. The summed E-state index contributed by atoms with van der Waals surface area (Å²) in [5.41, 5.74) is 5.79. The van der Waals surface area contributed by atoms with Gasteiger partial charge in [-0.3, -0.25) is 11.3 Å². The fourth-order valence-electron chi connectivity index (χ4n) is 2.35. The maximum atomic E-state index is 13.2. The van der Waals surface area contributed by atoms with Crippen LogP contribution in [0.15, 0.2) is 42.5 Å². The van der Waals surface area contributed by atoms with E-state index in [1.807, 2.05) is 6.92 Å². The van der Waals surface area contributed by atoms with E-state index in [9.17, 15) is 8.78 Å². The lowest BCUT2D eigenvalue weighted by Crippen LogP contribution is -2.37. The number of halogens is 2. The number of nitrogens with one attached hydrogen (secondary N) is 1. The van der Waals surface area contributed by atoms with Crippen LogP contribution in [0.25, 0.3) is 0 Å². The van der Waals surface area contributed by atoms with Gasteiger partial charge in [0.25, 0.3) is 0 Å². The summed E-state index contributed by atoms with van der Waals surface area (Å²) in [5.74, 6) is 4.44. The largest absolute Gasteiger partial charge is 0.271 e. The quantitative estimate of drug-likeness (QED) is 0.633. The van der Waals surface area contributed by atoms with Crippen LogP contribution in [0.2, 0.25) is 0 Å². The lowest BCUT2D eigenvalue weighted by Gasteiger charge is -2.16. The molecule has 0 saturated carbocycles. The highest BCUT2D eigenvalue weighted by molar-refractivity contribution is 5.22. The second-order valence-corrected chi connectivity index (χ2v) is 5.37. The van der Waals surface area contributed by atoms with Gasteiger partial charge in [0.1, 0.15) is 11.6 Å². The highest BCUT2D eigenvalue weighted by Crippen LogP contribution is 2.13. The van der Waals surface area contributed by atoms with Crippen LogP contribution >= 0.6 is 0 Å². The van der Waals surface area contributed by atoms with Crippen molar-refractivity contribution in [3.63, 3.8) is 0 Å². The first-order chi connectivity index (χ1) is 10.1. The van der Waals surface area contributed by atoms with Crippen molar-refractivity contribution >= 4 is 0 Å². The van der Waals surface area contributed by atoms with Gasteiger partial charge in [-0.25, -0.2) is 8.78 Å². The monoisotopic (exact) mass is 290 g/mol. The van der Waals surface area contributed by atoms with Crippen LogP contribution in [0, 0.1) is 18.6 Å². The second-order valence-electron chi connectivity index (χ2n) is 5.37. The molecule has 0 saturated heterocycles. The van der Waals surface area contributed by atoms with E-state index < -0.39 is 11.6 Å². The van der Waals surface area contributed by atoms with Crippen LogP contribution in [0.5, 0.6) is 0 Å². The zero-order valence-corrected chi connectivity index (χ0v) is 12.1. The van der Waals surface area contributed by atoms with Gasteiger partial charge >= 0.3 is 0 Å². The molecule has 2 aromatic rings. The summed E-state index contributed by atoms with van der Waals surface area (Å²) in [6.45, 7) is 2.05. The second kappa shape index (κ2) is 7.29. The molecule has 0 aliphatic rings. The van der Waals surface area contributed by atoms with Crippen molar-refractivity contribution in [3.8, 4) is 0 Å². The summed E-state index contributed by atoms with van der Waals surface area (Å²) in [7, 11) is 0. The summed E-state index contributed by atoms with van der Waals surface area (Å²) >= 11 is 0. The molecule has 0 aliphatic carbocycles. The van der Waals surface area contributed by atoms with Crippen molar-refractivity contribution in [1.29, 1.82) is 0 Å². The highest BCUT2D eigenvalue weighted by Gasteiger charge is 2.10. The number of hydrazine groups is 1. The van der Waals surface area contributed by atoms with Crippen LogP contribution in [0.1, 0.15) is 23.1 Å². The van der Waals surface area contributed by atoms with Crippen molar-refractivity contribution in [1.82, 2.24) is 5.43 Å². The molecule has 0 heterocycles. The molecule has 0 radical (unpaired) electrons. The summed E-state index contributed by atoms with van der Waals surface area (Å²) < 4.78 is 26.4. The Morgan fingerprint density at radius 3 is 2.19 bits per heavy atom. The Labute approximate surface area is 124 Å². The topological polar surface area (TPSA) is 38.0 Å². The fourth-order valence-corrected chi connectivity index (χ4v) is 2.35. The maximum absolute atomic E-state index is 13.2. The maximum Gasteiger partial charge on any atom is 0.126 e. The standard InChI is InChI=1S/C17H20F2N2/c1-12-2-4-13(5-3-12)6-7-17(21-20)10-14-8-15(18)11-16(19)9-14/h2-5,8-9,11,17,21H,6-7,10,20H2,1H3. The lowest BCUT2D eigenvalue weighted by molar-refractivity contribution is 0.487. The SMILES string of the molecule is Cc1ccc(CCC(Cc2cc(F)cc(F)c2)NN)cc1. The molecular weight excluding hydrogens is 270 g/mol. The van der Waals surface area contributed by atoms with Crippen molar-refractivity contribution in [2.24, 2.45) is 5.84 Å². The first kappa shape index (κ1) is 15.6. The first-order valence-corrected chi connectivity index (χ1v) is 7.03. The van der Waals surface area contributed by atoms with Crippen molar-refractivity contribution < 1.29 is 8.78 Å². The Morgan fingerprint density at radius 2 is 1.62 bits per heavy atom. The third-order valence-electron chi connectivity index (χ3n) is 3.54. The summed E-state index contributed by atoms with van der Waals surface area (Å²) in [4.78, 5) is 0. The van der Waals surface area contributed by atoms with Gasteiger partial charge in [0.15, 0.2) is 0 Å². The van der Waals surface area contributed by atoms with Crippen LogP contribution in [-0.2, 0) is 12.8 Å². The Bertz CT molecular complexity index is 562. The average Bonchev–Trinajstić information content (AvgIpc) is 2.44. The molecule has 112 valence electrons. The molecule has 0 spiro atoms. The fraction of sp³-hybridized carbons (Fsp3) is 0.294. The summed E-state index contributed by atoms with van der Waals surface area (Å²) in [6, 6.07) is 11.9. The van der Waals surface area contributed by atoms with Gasteiger partial charge in [0, 0.05) is 12.1 Å². The predicted molar refractivity (Wildman–Crippen MR) is 80.7 cm³/mol. The van der Waals surface area contributed by atoms with E-state index in [0.29, 0.717) is 12.0 Å². The molecule has 0 bridgehead atoms. The van der Waals surface area contributed by atoms with Crippen LogP contribution in [-0.4, -0.2) is 6.04 Å². The Hall–Kier alpha value is -1.78. The van der Waals surface area contributed by atoms with Gasteiger partial charge in [0.2, 0.25) is 0 Å². The zero-order valence-electron chi connectivity index (χ0n) is 12.1. The number of hydrogen-bond acceptors (Lipinski definition) is 2. The molecule has 0 aromatic heterocycles. The van der Waals surface area contributed by atoms with Gasteiger partial charge < -0.3 is 0 Å². The molecule has 0 fully saturated rings. The predicted octanol–water partition coefficient (Wildman–Crippen LogP) is 3.28. The minimum absolute atomic E-state index is 0.0208. The molecule has 3 N–H and O–H groups in total. The molecule has 2 rings (SSSR count). The van der Waals surface area contributed by atoms with E-state index in [1.54, 1.807) is 0 Å². The number of aryl methyl sites for hydroxylation is 2. The van der Waals surface area contributed by atoms with E-state index in [-0.39, 0.29) is 6.04 Å². The van der Waals surface area contributed by atoms with Gasteiger partial charge in [-0.15, -0.1) is 0 Å². The number of benzene rings is 2. The summed E-state index contributed by atoms with van der Waals surface area (Å²) in [6.07, 6.45) is 2.17. The third-order valence-corrected chi connectivity index (χ3v) is 3.54. The van der Waals surface area contributed by atoms with Crippen LogP contribution in [0.4, 0.5) is 8.78 Å². The van der Waals surface area contributed by atoms with Crippen LogP contribution in [0.3, 0.4) is 0 Å². The third kappa shape index (κ3) is 4.92. The van der Waals surface area contributed by atoms with Crippen molar-refractivity contribution in [2.45, 2.75) is 32.2 Å². The van der Waals surface area contributed by atoms with Gasteiger partial charge in [-0.1, -0.05) is 29.8 Å². The van der Waals surface area contributed by atoms with E-state index in [0.717, 1.165) is 18.9 Å². The minimum atomic E-state index is -0.556. The van der Waals surface area contributed by atoms with Crippen molar-refractivity contribution in [2.75, 3.05) is 0 Å². The van der Waals surface area contributed by atoms with E-state index in [4.69, 9.17) is 5.84 Å². The molecular formula is C17H20F2N2. The summed E-state index contributed by atoms with van der Waals surface area (Å²) in [5, 5.41) is 0. The lowest BCUT2D eigenvalue weighted by atomic mass is 9.99. The van der Waals surface area contributed by atoms with Gasteiger partial charge in [0.05, 0.1) is 0 Å². The molecule has 1 unspecified atom stereocenters. The normalized spacial score (nSPS) is 12.4. The highest BCUT2D eigenvalue weighted by atomic mass is 19.1. The molecule has 1 atom stereocenters. The zero-order chi connectivity index (χ0) is 15.2. The Kier molecular flexibility index (Phi) is 5.42. The van der Waals surface area contributed by atoms with E-state index in [1.165, 1.54) is 23.3 Å². The van der Waals surface area contributed by atoms with Gasteiger partial charge in [-0.05, 0) is 49.4 Å². The Morgan fingerprint density at radius 1 is 1.00 bits per heavy atom. The Balaban J connectivity index is 1.95. The minimum Gasteiger partial charge on any atom is -0.271 e. The van der Waals surface area contributed by atoms with Gasteiger partial charge in [-0.2, -0.15) is 0 Å². The molecule has 4 heteroatoms. The smallest absolute Gasteiger partial charge is 0.126 e. The molecule has 2 aromatic carbocycles. The molecule has 0 aliphatic heterocycles. The van der Waals surface area contributed by atoms with Crippen molar-refractivity contribution in [3.05, 3.63) is 70.8 Å². The number of hydrogen-bond donors (Lipinski definition) is 2. The first-order valence-electron chi connectivity index (χ1n) is 7.03. The average molecular weight is 290 g/mol. The molecule has 0 amide bonds. The number of rotatable bonds is 6. The van der Waals surface area contributed by atoms with E-state index >= 15 is 0 Å².